The van der Waals surface area contributed by atoms with Crippen LogP contribution in [-0.4, -0.2) is 29.8 Å². The van der Waals surface area contributed by atoms with E-state index in [0.717, 1.165) is 5.56 Å². The third-order valence-corrected chi connectivity index (χ3v) is 3.35. The van der Waals surface area contributed by atoms with E-state index in [1.165, 1.54) is 12.1 Å². The number of hydrogen-bond donors (Lipinski definition) is 5. The van der Waals surface area contributed by atoms with E-state index in [-0.39, 0.29) is 11.9 Å². The summed E-state index contributed by atoms with van der Waals surface area (Å²) in [6, 6.07) is 3.39. The van der Waals surface area contributed by atoms with E-state index in [0.29, 0.717) is 6.42 Å². The van der Waals surface area contributed by atoms with Gasteiger partial charge in [0.25, 0.3) is 0 Å². The summed E-state index contributed by atoms with van der Waals surface area (Å²) in [5.41, 5.74) is 16.4. The minimum Gasteiger partial charge on any atom is -0.367 e. The van der Waals surface area contributed by atoms with Gasteiger partial charge in [-0.15, -0.1) is 0 Å². The molecule has 1 saturated heterocycles. The molecule has 0 bridgehead atoms. The van der Waals surface area contributed by atoms with E-state index >= 15 is 0 Å². The van der Waals surface area contributed by atoms with Gasteiger partial charge in [0, 0.05) is 6.04 Å². The lowest BCUT2D eigenvalue weighted by atomic mass is 10.0. The number of hydrazine groups is 1. The maximum absolute atomic E-state index is 12.9. The van der Waals surface area contributed by atoms with E-state index < -0.39 is 29.8 Å². The summed E-state index contributed by atoms with van der Waals surface area (Å²) in [7, 11) is 0. The summed E-state index contributed by atoms with van der Waals surface area (Å²) in [6.45, 7) is 0. The highest BCUT2D eigenvalue weighted by Crippen LogP contribution is 2.22. The van der Waals surface area contributed by atoms with E-state index in [1.54, 1.807) is 12.1 Å². The molecular formula is C13H16FN5O3. The molecule has 22 heavy (non-hydrogen) atoms. The molecule has 1 aromatic rings. The smallest absolute Gasteiger partial charge is 0.249 e. The normalized spacial score (nSPS) is 20.8. The minimum atomic E-state index is -1.56. The molecule has 9 heteroatoms. The lowest BCUT2D eigenvalue weighted by molar-refractivity contribution is -0.134. The predicted octanol–water partition coefficient (Wildman–Crippen LogP) is -1.81. The maximum Gasteiger partial charge on any atom is 0.249 e. The Morgan fingerprint density at radius 1 is 1.14 bits per heavy atom. The molecule has 2 atom stereocenters. The van der Waals surface area contributed by atoms with Crippen LogP contribution in [0.1, 0.15) is 18.0 Å². The lowest BCUT2D eigenvalue weighted by Crippen LogP contribution is -2.56. The van der Waals surface area contributed by atoms with Crippen LogP contribution in [0.15, 0.2) is 24.3 Å². The van der Waals surface area contributed by atoms with Crippen molar-refractivity contribution in [3.8, 4) is 0 Å². The Balaban J connectivity index is 1.97. The van der Waals surface area contributed by atoms with Gasteiger partial charge in [-0.3, -0.25) is 14.4 Å². The number of halogens is 1. The molecule has 0 aromatic heterocycles. The van der Waals surface area contributed by atoms with Gasteiger partial charge in [-0.05, 0) is 24.1 Å². The first kappa shape index (κ1) is 15.9. The molecule has 1 aliphatic rings. The van der Waals surface area contributed by atoms with Crippen LogP contribution in [0.2, 0.25) is 0 Å². The fourth-order valence-electron chi connectivity index (χ4n) is 2.17. The third-order valence-electron chi connectivity index (χ3n) is 3.35. The van der Waals surface area contributed by atoms with Gasteiger partial charge in [0.15, 0.2) is 6.04 Å². The van der Waals surface area contributed by atoms with Gasteiger partial charge in [0.1, 0.15) is 11.9 Å². The molecule has 0 saturated carbocycles. The second-order valence-corrected chi connectivity index (χ2v) is 4.93. The largest absolute Gasteiger partial charge is 0.367 e. The van der Waals surface area contributed by atoms with E-state index in [4.69, 9.17) is 11.5 Å². The van der Waals surface area contributed by atoms with Crippen molar-refractivity contribution in [1.29, 1.82) is 0 Å². The highest BCUT2D eigenvalue weighted by Gasteiger charge is 2.33. The standard InChI is InChI=1S/C13H16FN5O3/c14-7-3-1-6(2-4-7)8-5-9(19-18-8)13(22)17-10(11(15)20)12(16)21/h1-4,8-10,18-19H,5H2,(H2,15,20)(H2,16,21)(H,17,22). The molecule has 7 N–H and O–H groups in total. The van der Waals surface area contributed by atoms with Crippen molar-refractivity contribution in [3.05, 3.63) is 35.6 Å². The van der Waals surface area contributed by atoms with Gasteiger partial charge >= 0.3 is 0 Å². The second kappa shape index (κ2) is 6.50. The van der Waals surface area contributed by atoms with Crippen LogP contribution >= 0.6 is 0 Å². The van der Waals surface area contributed by atoms with Gasteiger partial charge in [0.05, 0.1) is 0 Å². The summed E-state index contributed by atoms with van der Waals surface area (Å²) in [4.78, 5) is 34.1. The van der Waals surface area contributed by atoms with E-state index in [1.807, 2.05) is 0 Å². The van der Waals surface area contributed by atoms with Crippen LogP contribution < -0.4 is 27.6 Å². The van der Waals surface area contributed by atoms with Crippen LogP contribution in [-0.2, 0) is 14.4 Å². The number of carbonyl (C=O) groups excluding carboxylic acids is 3. The number of carbonyl (C=O) groups is 3. The monoisotopic (exact) mass is 309 g/mol. The summed E-state index contributed by atoms with van der Waals surface area (Å²) in [6.07, 6.45) is 0.349. The Bertz CT molecular complexity index is 578. The molecule has 0 aliphatic carbocycles. The molecule has 3 amide bonds. The van der Waals surface area contributed by atoms with Crippen LogP contribution in [0, 0.1) is 5.82 Å². The van der Waals surface area contributed by atoms with Crippen molar-refractivity contribution in [2.24, 2.45) is 11.5 Å². The minimum absolute atomic E-state index is 0.211. The first-order chi connectivity index (χ1) is 10.4. The Kier molecular flexibility index (Phi) is 4.68. The molecule has 2 rings (SSSR count). The Morgan fingerprint density at radius 3 is 2.27 bits per heavy atom. The number of rotatable bonds is 5. The predicted molar refractivity (Wildman–Crippen MR) is 74.1 cm³/mol. The Hall–Kier alpha value is -2.52. The maximum atomic E-state index is 12.9. The zero-order valence-electron chi connectivity index (χ0n) is 11.5. The lowest BCUT2D eigenvalue weighted by Gasteiger charge is -2.15. The SMILES string of the molecule is NC(=O)C(NC(=O)C1CC(c2ccc(F)cc2)NN1)C(N)=O. The van der Waals surface area contributed by atoms with Crippen molar-refractivity contribution in [2.45, 2.75) is 24.5 Å². The van der Waals surface area contributed by atoms with Crippen LogP contribution in [0.3, 0.4) is 0 Å². The Labute approximate surface area is 125 Å². The summed E-state index contributed by atoms with van der Waals surface area (Å²) in [5, 5.41) is 2.19. The number of benzene rings is 1. The van der Waals surface area contributed by atoms with Crippen LogP contribution in [0.5, 0.6) is 0 Å². The van der Waals surface area contributed by atoms with Crippen molar-refractivity contribution in [2.75, 3.05) is 0 Å². The van der Waals surface area contributed by atoms with Crippen LogP contribution in [0.25, 0.3) is 0 Å². The van der Waals surface area contributed by atoms with Crippen molar-refractivity contribution < 1.29 is 18.8 Å². The fraction of sp³-hybridized carbons (Fsp3) is 0.308. The van der Waals surface area contributed by atoms with Crippen molar-refractivity contribution in [1.82, 2.24) is 16.2 Å². The Morgan fingerprint density at radius 2 is 1.73 bits per heavy atom. The molecule has 1 aromatic carbocycles. The number of amides is 3. The molecule has 2 unspecified atom stereocenters. The molecule has 0 spiro atoms. The first-order valence-corrected chi connectivity index (χ1v) is 6.54. The van der Waals surface area contributed by atoms with Gasteiger partial charge in [0.2, 0.25) is 17.7 Å². The van der Waals surface area contributed by atoms with Gasteiger partial charge < -0.3 is 16.8 Å². The average Bonchev–Trinajstić information content (AvgIpc) is 2.94. The highest BCUT2D eigenvalue weighted by molar-refractivity contribution is 6.06. The molecule has 8 nitrogen and oxygen atoms in total. The second-order valence-electron chi connectivity index (χ2n) is 4.93. The van der Waals surface area contributed by atoms with Gasteiger partial charge in [-0.2, -0.15) is 0 Å². The number of nitrogens with two attached hydrogens (primary N) is 2. The van der Waals surface area contributed by atoms with E-state index in [9.17, 15) is 18.8 Å². The van der Waals surface area contributed by atoms with Crippen molar-refractivity contribution >= 4 is 17.7 Å². The number of nitrogens with one attached hydrogen (secondary N) is 3. The average molecular weight is 309 g/mol. The number of primary amides is 2. The molecule has 118 valence electrons. The fourth-order valence-corrected chi connectivity index (χ4v) is 2.17. The zero-order valence-corrected chi connectivity index (χ0v) is 11.5. The quantitative estimate of drug-likeness (QED) is 0.408. The summed E-state index contributed by atoms with van der Waals surface area (Å²) in [5.74, 6) is -2.99. The van der Waals surface area contributed by atoms with Crippen molar-refractivity contribution in [3.63, 3.8) is 0 Å². The molecular weight excluding hydrogens is 293 g/mol. The molecule has 1 fully saturated rings. The van der Waals surface area contributed by atoms with Crippen LogP contribution in [0.4, 0.5) is 4.39 Å². The summed E-state index contributed by atoms with van der Waals surface area (Å²) >= 11 is 0. The third kappa shape index (κ3) is 3.57. The molecule has 0 radical (unpaired) electrons. The van der Waals surface area contributed by atoms with E-state index in [2.05, 4.69) is 16.2 Å². The number of hydrogen-bond acceptors (Lipinski definition) is 5. The molecule has 1 heterocycles. The highest BCUT2D eigenvalue weighted by atomic mass is 19.1. The van der Waals surface area contributed by atoms with Gasteiger partial charge in [-0.25, -0.2) is 15.2 Å². The molecule has 1 aliphatic heterocycles. The first-order valence-electron chi connectivity index (χ1n) is 6.54. The zero-order chi connectivity index (χ0) is 16.3. The summed E-state index contributed by atoms with van der Waals surface area (Å²) < 4.78 is 12.9. The van der Waals surface area contributed by atoms with Gasteiger partial charge in [-0.1, -0.05) is 12.1 Å². The topological polar surface area (TPSA) is 139 Å².